The fourth-order valence-corrected chi connectivity index (χ4v) is 2.50. The van der Waals surface area contributed by atoms with Crippen molar-refractivity contribution in [2.75, 3.05) is 25.4 Å². The van der Waals surface area contributed by atoms with Crippen molar-refractivity contribution in [3.8, 4) is 0 Å². The van der Waals surface area contributed by atoms with E-state index in [9.17, 15) is 8.42 Å². The molecule has 0 unspecified atom stereocenters. The molecule has 0 rings (SSSR count). The van der Waals surface area contributed by atoms with Gasteiger partial charge < -0.3 is 5.73 Å². The second-order valence-corrected chi connectivity index (χ2v) is 6.05. The van der Waals surface area contributed by atoms with Crippen LogP contribution in [0.2, 0.25) is 0 Å². The van der Waals surface area contributed by atoms with Crippen LogP contribution in [-0.2, 0) is 10.0 Å². The van der Waals surface area contributed by atoms with Gasteiger partial charge >= 0.3 is 0 Å². The predicted molar refractivity (Wildman–Crippen MR) is 59.5 cm³/mol. The first-order chi connectivity index (χ1) is 6.44. The number of hydrogen-bond acceptors (Lipinski definition) is 3. The van der Waals surface area contributed by atoms with Crippen molar-refractivity contribution < 1.29 is 8.42 Å². The highest BCUT2D eigenvalue weighted by atomic mass is 32.2. The average Bonchev–Trinajstić information content (AvgIpc) is 2.11. The maximum absolute atomic E-state index is 11.6. The average molecular weight is 222 g/mol. The number of hydrogen-bond donors (Lipinski definition) is 1. The summed E-state index contributed by atoms with van der Waals surface area (Å²) in [6, 6.07) is 0. The summed E-state index contributed by atoms with van der Waals surface area (Å²) in [5.41, 5.74) is 5.37. The standard InChI is InChI=1S/C9H22N2O2S/c1-4-14(12,13)11(7-5-6-10)8-9(2)3/h9H,4-8,10H2,1-3H3. The highest BCUT2D eigenvalue weighted by Crippen LogP contribution is 2.06. The molecule has 0 saturated heterocycles. The molecule has 0 bridgehead atoms. The zero-order valence-corrected chi connectivity index (χ0v) is 10.2. The van der Waals surface area contributed by atoms with Crippen LogP contribution < -0.4 is 5.73 Å². The Kier molecular flexibility index (Phi) is 6.31. The van der Waals surface area contributed by atoms with Crippen LogP contribution in [0.1, 0.15) is 27.2 Å². The number of nitrogens with two attached hydrogens (primary N) is 1. The van der Waals surface area contributed by atoms with E-state index in [1.54, 1.807) is 11.2 Å². The Hall–Kier alpha value is -0.130. The van der Waals surface area contributed by atoms with Crippen molar-refractivity contribution in [1.82, 2.24) is 4.31 Å². The van der Waals surface area contributed by atoms with Gasteiger partial charge in [0.05, 0.1) is 5.75 Å². The van der Waals surface area contributed by atoms with Crippen LogP contribution in [0.5, 0.6) is 0 Å². The molecule has 2 N–H and O–H groups in total. The van der Waals surface area contributed by atoms with E-state index in [2.05, 4.69) is 0 Å². The fourth-order valence-electron chi connectivity index (χ4n) is 1.20. The Balaban J connectivity index is 4.39. The van der Waals surface area contributed by atoms with Gasteiger partial charge in [0.15, 0.2) is 0 Å². The summed E-state index contributed by atoms with van der Waals surface area (Å²) in [5, 5.41) is 0. The fraction of sp³-hybridized carbons (Fsp3) is 1.00. The summed E-state index contributed by atoms with van der Waals surface area (Å²) >= 11 is 0. The molecule has 0 aromatic rings. The monoisotopic (exact) mass is 222 g/mol. The Bertz CT molecular complexity index is 237. The van der Waals surface area contributed by atoms with Gasteiger partial charge in [-0.1, -0.05) is 13.8 Å². The summed E-state index contributed by atoms with van der Waals surface area (Å²) in [6.07, 6.45) is 0.728. The van der Waals surface area contributed by atoms with E-state index in [0.717, 1.165) is 6.42 Å². The van der Waals surface area contributed by atoms with Crippen LogP contribution in [0, 0.1) is 5.92 Å². The molecule has 5 heteroatoms. The summed E-state index contributed by atoms with van der Waals surface area (Å²) in [5.74, 6) is 0.527. The highest BCUT2D eigenvalue weighted by molar-refractivity contribution is 7.89. The van der Waals surface area contributed by atoms with Crippen molar-refractivity contribution in [3.05, 3.63) is 0 Å². The van der Waals surface area contributed by atoms with E-state index in [-0.39, 0.29) is 5.75 Å². The molecule has 0 aromatic carbocycles. The quantitative estimate of drug-likeness (QED) is 0.687. The molecule has 0 amide bonds. The molecular weight excluding hydrogens is 200 g/mol. The maximum Gasteiger partial charge on any atom is 0.213 e. The van der Waals surface area contributed by atoms with Gasteiger partial charge in [-0.2, -0.15) is 0 Å². The van der Waals surface area contributed by atoms with Crippen LogP contribution in [0.15, 0.2) is 0 Å². The van der Waals surface area contributed by atoms with Gasteiger partial charge in [-0.3, -0.25) is 0 Å². The molecule has 4 nitrogen and oxygen atoms in total. The lowest BCUT2D eigenvalue weighted by Crippen LogP contribution is -2.36. The zero-order chi connectivity index (χ0) is 11.2. The Morgan fingerprint density at radius 1 is 1.36 bits per heavy atom. The van der Waals surface area contributed by atoms with Crippen molar-refractivity contribution in [3.63, 3.8) is 0 Å². The lowest BCUT2D eigenvalue weighted by molar-refractivity contribution is 0.365. The summed E-state index contributed by atoms with van der Waals surface area (Å²) < 4.78 is 24.8. The van der Waals surface area contributed by atoms with Crippen LogP contribution in [-0.4, -0.2) is 38.1 Å². The minimum absolute atomic E-state index is 0.171. The van der Waals surface area contributed by atoms with Gasteiger partial charge in [0.2, 0.25) is 10.0 Å². The van der Waals surface area contributed by atoms with Crippen LogP contribution in [0.4, 0.5) is 0 Å². The van der Waals surface area contributed by atoms with Gasteiger partial charge in [-0.15, -0.1) is 0 Å². The molecule has 0 aliphatic heterocycles. The predicted octanol–water partition coefficient (Wildman–Crippen LogP) is 0.643. The van der Waals surface area contributed by atoms with Gasteiger partial charge in [-0.05, 0) is 25.8 Å². The molecule has 0 heterocycles. The molecule has 0 radical (unpaired) electrons. The lowest BCUT2D eigenvalue weighted by Gasteiger charge is -2.22. The molecule has 0 aliphatic rings. The van der Waals surface area contributed by atoms with Crippen molar-refractivity contribution in [2.45, 2.75) is 27.2 Å². The second-order valence-electron chi connectivity index (χ2n) is 3.79. The maximum atomic E-state index is 11.6. The Morgan fingerprint density at radius 2 is 1.93 bits per heavy atom. The summed E-state index contributed by atoms with van der Waals surface area (Å²) in [7, 11) is -3.05. The highest BCUT2D eigenvalue weighted by Gasteiger charge is 2.19. The number of nitrogens with zero attached hydrogens (tertiary/aromatic N) is 1. The first-order valence-electron chi connectivity index (χ1n) is 5.12. The smallest absolute Gasteiger partial charge is 0.213 e. The molecule has 86 valence electrons. The van der Waals surface area contributed by atoms with Crippen LogP contribution in [0.25, 0.3) is 0 Å². The van der Waals surface area contributed by atoms with Crippen LogP contribution >= 0.6 is 0 Å². The molecule has 0 aliphatic carbocycles. The number of rotatable bonds is 7. The first kappa shape index (κ1) is 13.9. The zero-order valence-electron chi connectivity index (χ0n) is 9.36. The Labute approximate surface area is 87.5 Å². The van der Waals surface area contributed by atoms with E-state index in [1.807, 2.05) is 13.8 Å². The number of sulfonamides is 1. The molecule has 0 spiro atoms. The molecule has 0 atom stereocenters. The SMILES string of the molecule is CCS(=O)(=O)N(CCCN)CC(C)C. The van der Waals surface area contributed by atoms with E-state index in [0.29, 0.717) is 25.6 Å². The summed E-state index contributed by atoms with van der Waals surface area (Å²) in [4.78, 5) is 0. The lowest BCUT2D eigenvalue weighted by atomic mass is 10.2. The van der Waals surface area contributed by atoms with Crippen molar-refractivity contribution in [1.29, 1.82) is 0 Å². The molecule has 0 aromatic heterocycles. The summed E-state index contributed by atoms with van der Waals surface area (Å²) in [6.45, 7) is 7.38. The van der Waals surface area contributed by atoms with E-state index < -0.39 is 10.0 Å². The second kappa shape index (κ2) is 6.37. The van der Waals surface area contributed by atoms with Crippen molar-refractivity contribution in [2.24, 2.45) is 11.7 Å². The third-order valence-electron chi connectivity index (χ3n) is 1.94. The first-order valence-corrected chi connectivity index (χ1v) is 6.72. The third kappa shape index (κ3) is 4.93. The third-order valence-corrected chi connectivity index (χ3v) is 3.79. The van der Waals surface area contributed by atoms with Gasteiger partial charge in [-0.25, -0.2) is 12.7 Å². The van der Waals surface area contributed by atoms with Crippen LogP contribution in [0.3, 0.4) is 0 Å². The van der Waals surface area contributed by atoms with Gasteiger partial charge in [0.25, 0.3) is 0 Å². The molecule has 0 fully saturated rings. The van der Waals surface area contributed by atoms with E-state index in [4.69, 9.17) is 5.73 Å². The van der Waals surface area contributed by atoms with Crippen molar-refractivity contribution >= 4 is 10.0 Å². The van der Waals surface area contributed by atoms with E-state index in [1.165, 1.54) is 0 Å². The molecule has 14 heavy (non-hydrogen) atoms. The minimum atomic E-state index is -3.05. The normalized spacial score (nSPS) is 12.7. The largest absolute Gasteiger partial charge is 0.330 e. The Morgan fingerprint density at radius 3 is 2.29 bits per heavy atom. The minimum Gasteiger partial charge on any atom is -0.330 e. The molecule has 0 saturated carbocycles. The van der Waals surface area contributed by atoms with Gasteiger partial charge in [0, 0.05) is 13.1 Å². The topological polar surface area (TPSA) is 63.4 Å². The molecular formula is C9H22N2O2S. The van der Waals surface area contributed by atoms with Gasteiger partial charge in [0.1, 0.15) is 0 Å². The van der Waals surface area contributed by atoms with E-state index >= 15 is 0 Å².